The molecule has 0 aliphatic carbocycles. The average Bonchev–Trinajstić information content (AvgIpc) is 3.01. The highest BCUT2D eigenvalue weighted by Crippen LogP contribution is 2.26. The number of halogens is 1. The van der Waals surface area contributed by atoms with Crippen molar-refractivity contribution in [3.63, 3.8) is 0 Å². The minimum absolute atomic E-state index is 0.0722. The number of amides is 2. The standard InChI is InChI=1S/C16H24ClN3O2/c1-12(11-21)19-16(22)18-10-15(20-7-2-3-8-20)13-5-4-6-14(17)9-13/h4-6,9,12,15,21H,2-3,7-8,10-11H2,1H3,(H2,18,19,22). The SMILES string of the molecule is CC(CO)NC(=O)NCC(c1cccc(Cl)c1)N1CCCC1. The van der Waals surface area contributed by atoms with Crippen LogP contribution in [-0.4, -0.2) is 48.3 Å². The number of nitrogens with one attached hydrogen (secondary N) is 2. The van der Waals surface area contributed by atoms with Gasteiger partial charge in [0, 0.05) is 11.6 Å². The molecule has 5 nitrogen and oxygen atoms in total. The molecule has 1 aromatic carbocycles. The van der Waals surface area contributed by atoms with E-state index in [2.05, 4.69) is 15.5 Å². The van der Waals surface area contributed by atoms with Gasteiger partial charge in [0.15, 0.2) is 0 Å². The van der Waals surface area contributed by atoms with Gasteiger partial charge < -0.3 is 15.7 Å². The van der Waals surface area contributed by atoms with Crippen LogP contribution in [0.5, 0.6) is 0 Å². The maximum atomic E-state index is 11.9. The molecule has 0 aromatic heterocycles. The molecule has 1 heterocycles. The van der Waals surface area contributed by atoms with Crippen LogP contribution in [-0.2, 0) is 0 Å². The summed E-state index contributed by atoms with van der Waals surface area (Å²) in [6.07, 6.45) is 2.37. The van der Waals surface area contributed by atoms with Crippen LogP contribution in [0, 0.1) is 0 Å². The van der Waals surface area contributed by atoms with E-state index >= 15 is 0 Å². The first-order valence-electron chi connectivity index (χ1n) is 7.75. The molecule has 1 fully saturated rings. The number of aliphatic hydroxyl groups is 1. The first kappa shape index (κ1) is 17.1. The first-order chi connectivity index (χ1) is 10.6. The Bertz CT molecular complexity index is 492. The number of benzene rings is 1. The molecule has 6 heteroatoms. The highest BCUT2D eigenvalue weighted by Gasteiger charge is 2.24. The third-order valence-electron chi connectivity index (χ3n) is 3.92. The Hall–Kier alpha value is -1.30. The number of carbonyl (C=O) groups excluding carboxylic acids is 1. The summed E-state index contributed by atoms with van der Waals surface area (Å²) in [5.41, 5.74) is 1.12. The van der Waals surface area contributed by atoms with Gasteiger partial charge in [-0.25, -0.2) is 4.79 Å². The quantitative estimate of drug-likeness (QED) is 0.751. The van der Waals surface area contributed by atoms with Gasteiger partial charge >= 0.3 is 6.03 Å². The van der Waals surface area contributed by atoms with Crippen molar-refractivity contribution in [1.29, 1.82) is 0 Å². The Morgan fingerprint density at radius 1 is 1.41 bits per heavy atom. The van der Waals surface area contributed by atoms with Crippen molar-refractivity contribution in [2.75, 3.05) is 26.2 Å². The van der Waals surface area contributed by atoms with E-state index in [4.69, 9.17) is 16.7 Å². The van der Waals surface area contributed by atoms with E-state index in [0.717, 1.165) is 18.7 Å². The largest absolute Gasteiger partial charge is 0.394 e. The van der Waals surface area contributed by atoms with Gasteiger partial charge in [-0.3, -0.25) is 4.90 Å². The zero-order valence-corrected chi connectivity index (χ0v) is 13.6. The van der Waals surface area contributed by atoms with Crippen LogP contribution < -0.4 is 10.6 Å². The monoisotopic (exact) mass is 325 g/mol. The van der Waals surface area contributed by atoms with E-state index in [9.17, 15) is 4.79 Å². The molecule has 2 atom stereocenters. The highest BCUT2D eigenvalue weighted by molar-refractivity contribution is 6.30. The van der Waals surface area contributed by atoms with Crippen molar-refractivity contribution in [3.05, 3.63) is 34.9 Å². The molecule has 0 saturated carbocycles. The van der Waals surface area contributed by atoms with E-state index in [-0.39, 0.29) is 24.7 Å². The smallest absolute Gasteiger partial charge is 0.315 e. The van der Waals surface area contributed by atoms with Crippen molar-refractivity contribution in [1.82, 2.24) is 15.5 Å². The van der Waals surface area contributed by atoms with E-state index in [1.807, 2.05) is 24.3 Å². The predicted molar refractivity (Wildman–Crippen MR) is 88.1 cm³/mol. The van der Waals surface area contributed by atoms with E-state index < -0.39 is 0 Å². The molecule has 1 aliphatic rings. The summed E-state index contributed by atoms with van der Waals surface area (Å²) in [5, 5.41) is 15.3. The van der Waals surface area contributed by atoms with Crippen molar-refractivity contribution in [2.24, 2.45) is 0 Å². The predicted octanol–water partition coefficient (Wildman–Crippen LogP) is 2.16. The molecule has 1 aromatic rings. The second kappa shape index (κ2) is 8.36. The molecule has 2 unspecified atom stereocenters. The lowest BCUT2D eigenvalue weighted by atomic mass is 10.1. The van der Waals surface area contributed by atoms with Gasteiger partial charge in [0.25, 0.3) is 0 Å². The summed E-state index contributed by atoms with van der Waals surface area (Å²) >= 11 is 6.10. The van der Waals surface area contributed by atoms with Gasteiger partial charge in [0.2, 0.25) is 0 Å². The number of urea groups is 1. The number of rotatable bonds is 6. The maximum absolute atomic E-state index is 11.9. The minimum atomic E-state index is -0.257. The summed E-state index contributed by atoms with van der Waals surface area (Å²) in [6, 6.07) is 7.41. The fourth-order valence-corrected chi connectivity index (χ4v) is 2.93. The normalized spacial score (nSPS) is 18.0. The second-order valence-corrected chi connectivity index (χ2v) is 6.19. The van der Waals surface area contributed by atoms with Crippen LogP contribution in [0.1, 0.15) is 31.4 Å². The summed E-state index contributed by atoms with van der Waals surface area (Å²) < 4.78 is 0. The third kappa shape index (κ3) is 4.87. The molecule has 1 saturated heterocycles. The van der Waals surface area contributed by atoms with E-state index in [0.29, 0.717) is 11.6 Å². The van der Waals surface area contributed by atoms with Crippen molar-refractivity contribution in [3.8, 4) is 0 Å². The number of nitrogens with zero attached hydrogens (tertiary/aromatic N) is 1. The fraction of sp³-hybridized carbons (Fsp3) is 0.562. The molecule has 0 spiro atoms. The summed E-state index contributed by atoms with van der Waals surface area (Å²) in [4.78, 5) is 14.2. The van der Waals surface area contributed by atoms with Gasteiger partial charge in [0.1, 0.15) is 0 Å². The van der Waals surface area contributed by atoms with Gasteiger partial charge in [-0.1, -0.05) is 23.7 Å². The Kier molecular flexibility index (Phi) is 6.49. The number of aliphatic hydroxyl groups excluding tert-OH is 1. The average molecular weight is 326 g/mol. The lowest BCUT2D eigenvalue weighted by molar-refractivity contribution is 0.209. The van der Waals surface area contributed by atoms with Crippen molar-refractivity contribution >= 4 is 17.6 Å². The molecule has 0 radical (unpaired) electrons. The van der Waals surface area contributed by atoms with Crippen LogP contribution >= 0.6 is 11.6 Å². The van der Waals surface area contributed by atoms with Crippen molar-refractivity contribution in [2.45, 2.75) is 31.8 Å². The molecule has 2 amide bonds. The summed E-state index contributed by atoms with van der Waals surface area (Å²) in [5.74, 6) is 0. The second-order valence-electron chi connectivity index (χ2n) is 5.75. The van der Waals surface area contributed by atoms with Crippen LogP contribution in [0.25, 0.3) is 0 Å². The van der Waals surface area contributed by atoms with Gasteiger partial charge in [-0.2, -0.15) is 0 Å². The minimum Gasteiger partial charge on any atom is -0.394 e. The summed E-state index contributed by atoms with van der Waals surface area (Å²) in [7, 11) is 0. The number of hydrogen-bond donors (Lipinski definition) is 3. The van der Waals surface area contributed by atoms with Crippen LogP contribution in [0.15, 0.2) is 24.3 Å². The highest BCUT2D eigenvalue weighted by atomic mass is 35.5. The van der Waals surface area contributed by atoms with Gasteiger partial charge in [-0.05, 0) is 50.6 Å². The van der Waals surface area contributed by atoms with Gasteiger partial charge in [-0.15, -0.1) is 0 Å². The Morgan fingerprint density at radius 3 is 2.77 bits per heavy atom. The Morgan fingerprint density at radius 2 is 2.14 bits per heavy atom. The Balaban J connectivity index is 2.01. The van der Waals surface area contributed by atoms with Crippen LogP contribution in [0.4, 0.5) is 4.79 Å². The molecular formula is C16H24ClN3O2. The van der Waals surface area contributed by atoms with E-state index in [1.165, 1.54) is 12.8 Å². The number of carbonyl (C=O) groups is 1. The fourth-order valence-electron chi connectivity index (χ4n) is 2.73. The molecule has 3 N–H and O–H groups in total. The lowest BCUT2D eigenvalue weighted by Gasteiger charge is -2.28. The topological polar surface area (TPSA) is 64.6 Å². The molecule has 22 heavy (non-hydrogen) atoms. The van der Waals surface area contributed by atoms with Crippen molar-refractivity contribution < 1.29 is 9.90 Å². The first-order valence-corrected chi connectivity index (χ1v) is 8.12. The zero-order chi connectivity index (χ0) is 15.9. The molecule has 1 aliphatic heterocycles. The maximum Gasteiger partial charge on any atom is 0.315 e. The zero-order valence-electron chi connectivity index (χ0n) is 12.9. The molecule has 0 bridgehead atoms. The Labute approximate surface area is 136 Å². The molecule has 122 valence electrons. The number of likely N-dealkylation sites (tertiary alicyclic amines) is 1. The van der Waals surface area contributed by atoms with E-state index in [1.54, 1.807) is 6.92 Å². The molecular weight excluding hydrogens is 302 g/mol. The summed E-state index contributed by atoms with van der Waals surface area (Å²) in [6.45, 7) is 4.27. The number of hydrogen-bond acceptors (Lipinski definition) is 3. The van der Waals surface area contributed by atoms with Gasteiger partial charge in [0.05, 0.1) is 18.7 Å². The van der Waals surface area contributed by atoms with Crippen LogP contribution in [0.3, 0.4) is 0 Å². The third-order valence-corrected chi connectivity index (χ3v) is 4.16. The van der Waals surface area contributed by atoms with Crippen LogP contribution in [0.2, 0.25) is 5.02 Å². The lowest BCUT2D eigenvalue weighted by Crippen LogP contribution is -2.45. The molecule has 2 rings (SSSR count).